The molecule has 0 amide bonds. The van der Waals surface area contributed by atoms with E-state index in [0.717, 1.165) is 6.42 Å². The Balaban J connectivity index is 0.000000149. The van der Waals surface area contributed by atoms with Crippen LogP contribution in [0.5, 0.6) is 0 Å². The molecular formula is C72H82. The maximum Gasteiger partial charge on any atom is 0.0722 e. The molecule has 11 rings (SSSR count). The first-order valence-electron chi connectivity index (χ1n) is 27.4. The predicted molar refractivity (Wildman–Crippen MR) is 320 cm³/mol. The lowest BCUT2D eigenvalue weighted by molar-refractivity contribution is 0.785. The van der Waals surface area contributed by atoms with Crippen molar-refractivity contribution in [2.45, 2.75) is 146 Å². The lowest BCUT2D eigenvalue weighted by Crippen LogP contribution is -2.26. The molecule has 0 bridgehead atoms. The van der Waals surface area contributed by atoms with Crippen LogP contribution in [0.3, 0.4) is 0 Å². The molecule has 1 spiro atoms. The minimum absolute atomic E-state index is 0.188. The summed E-state index contributed by atoms with van der Waals surface area (Å²) in [5.74, 6) is 0. The molecule has 0 fully saturated rings. The topological polar surface area (TPSA) is 0 Å². The Kier molecular flexibility index (Phi) is 18.7. The van der Waals surface area contributed by atoms with Crippen LogP contribution < -0.4 is 0 Å². The van der Waals surface area contributed by atoms with Gasteiger partial charge in [0.2, 0.25) is 0 Å². The van der Waals surface area contributed by atoms with Gasteiger partial charge in [-0.15, -0.1) is 0 Å². The third-order valence-corrected chi connectivity index (χ3v) is 15.1. The third kappa shape index (κ3) is 11.4. The maximum absolute atomic E-state index is 2.35. The molecule has 370 valence electrons. The van der Waals surface area contributed by atoms with Gasteiger partial charge in [-0.25, -0.2) is 0 Å². The van der Waals surface area contributed by atoms with Crippen molar-refractivity contribution < 1.29 is 0 Å². The lowest BCUT2D eigenvalue weighted by Gasteiger charge is -2.31. The van der Waals surface area contributed by atoms with E-state index >= 15 is 0 Å². The minimum Gasteiger partial charge on any atom is -0.0873 e. The van der Waals surface area contributed by atoms with Crippen LogP contribution in [0, 0.1) is 20.8 Å². The summed E-state index contributed by atoms with van der Waals surface area (Å²) in [6.07, 6.45) is 37.5. The predicted octanol–water partition coefficient (Wildman–Crippen LogP) is 21.0. The zero-order chi connectivity index (χ0) is 51.2. The van der Waals surface area contributed by atoms with Gasteiger partial charge in [0.1, 0.15) is 0 Å². The van der Waals surface area contributed by atoms with Gasteiger partial charge in [-0.3, -0.25) is 0 Å². The van der Waals surface area contributed by atoms with Crippen molar-refractivity contribution >= 4 is 34.1 Å². The summed E-state index contributed by atoms with van der Waals surface area (Å²) in [5.41, 5.74) is 26.5. The molecule has 0 heterocycles. The lowest BCUT2D eigenvalue weighted by atomic mass is 9.69. The third-order valence-electron chi connectivity index (χ3n) is 15.1. The fourth-order valence-corrected chi connectivity index (χ4v) is 10.8. The van der Waals surface area contributed by atoms with Crippen molar-refractivity contribution in [1.82, 2.24) is 0 Å². The molecule has 0 saturated heterocycles. The van der Waals surface area contributed by atoms with Crippen LogP contribution in [0.1, 0.15) is 174 Å². The summed E-state index contributed by atoms with van der Waals surface area (Å²) >= 11 is 0. The average Bonchev–Trinajstić information content (AvgIpc) is 3.85. The van der Waals surface area contributed by atoms with Gasteiger partial charge in [-0.2, -0.15) is 0 Å². The van der Waals surface area contributed by atoms with Gasteiger partial charge in [0, 0.05) is 0 Å². The van der Waals surface area contributed by atoms with Gasteiger partial charge in [-0.05, 0) is 187 Å². The molecule has 0 nitrogen and oxygen atoms in total. The highest BCUT2D eigenvalue weighted by Crippen LogP contribution is 2.62. The standard InChI is InChI=1S/C26H22.C19H18.C19H22.2C4H10/c1-4-9-22-18(3)19-10-5-7-12-23(19)26(22)24-13-8-6-11-20(24)21-16-17(2)14-15-25(21)26;1-13-10-11-18-16-8-3-2-6-14(16)15-7-4-5-9-17(15)19(18)12-13;1-15-9-13-19(14-10-15)17(3)12-11-16(2)18-7-5-4-6-8-18;2*1-3-4-2/h4-16H,1-3H3;3,5,8-12H,2,4,6-7H2,1H3;5,7-14H,4,6H2,1-3H3;2*3-4H2,1-2H3/b9-4-;;16-11+,17-12+;;. The van der Waals surface area contributed by atoms with Crippen LogP contribution in [-0.4, -0.2) is 0 Å². The van der Waals surface area contributed by atoms with E-state index in [1.807, 2.05) is 0 Å². The zero-order valence-corrected chi connectivity index (χ0v) is 45.8. The van der Waals surface area contributed by atoms with Crippen molar-refractivity contribution in [3.05, 3.63) is 247 Å². The average molecular weight is 947 g/mol. The van der Waals surface area contributed by atoms with E-state index in [-0.39, 0.29) is 5.41 Å². The van der Waals surface area contributed by atoms with E-state index in [9.17, 15) is 0 Å². The van der Waals surface area contributed by atoms with Crippen molar-refractivity contribution in [2.75, 3.05) is 0 Å². The summed E-state index contributed by atoms with van der Waals surface area (Å²) in [6.45, 7) is 24.0. The van der Waals surface area contributed by atoms with Crippen molar-refractivity contribution in [3.8, 4) is 11.1 Å². The first kappa shape index (κ1) is 53.3. The van der Waals surface area contributed by atoms with Gasteiger partial charge < -0.3 is 0 Å². The van der Waals surface area contributed by atoms with Gasteiger partial charge in [-0.1, -0.05) is 246 Å². The summed E-state index contributed by atoms with van der Waals surface area (Å²) in [4.78, 5) is 0. The Morgan fingerprint density at radius 2 is 1.03 bits per heavy atom. The smallest absolute Gasteiger partial charge is 0.0722 e. The summed E-state index contributed by atoms with van der Waals surface area (Å²) in [5, 5.41) is 2.87. The number of rotatable bonds is 6. The van der Waals surface area contributed by atoms with E-state index in [2.05, 4.69) is 252 Å². The molecule has 0 aromatic heterocycles. The molecular weight excluding hydrogens is 865 g/mol. The number of fused-ring (bicyclic) bond motifs is 13. The number of aryl methyl sites for hydroxylation is 3. The Bertz CT molecular complexity index is 3100. The number of allylic oxidation sites excluding steroid dienone is 14. The molecule has 5 aliphatic carbocycles. The monoisotopic (exact) mass is 947 g/mol. The van der Waals surface area contributed by atoms with E-state index in [0.29, 0.717) is 0 Å². The van der Waals surface area contributed by atoms with Crippen molar-refractivity contribution in [3.63, 3.8) is 0 Å². The highest BCUT2D eigenvalue weighted by molar-refractivity contribution is 6.00. The summed E-state index contributed by atoms with van der Waals surface area (Å²) in [6, 6.07) is 40.4. The molecule has 1 unspecified atom stereocenters. The van der Waals surface area contributed by atoms with Crippen LogP contribution in [0.25, 0.3) is 45.2 Å². The number of hydrogen-bond acceptors (Lipinski definition) is 0. The molecule has 0 N–H and O–H groups in total. The van der Waals surface area contributed by atoms with E-state index in [1.54, 1.807) is 11.1 Å². The van der Waals surface area contributed by atoms with Gasteiger partial charge in [0.15, 0.2) is 0 Å². The van der Waals surface area contributed by atoms with Crippen LogP contribution >= 0.6 is 0 Å². The second-order valence-electron chi connectivity index (χ2n) is 20.3. The maximum atomic E-state index is 2.35. The molecule has 5 aliphatic rings. The summed E-state index contributed by atoms with van der Waals surface area (Å²) < 4.78 is 0. The molecule has 0 radical (unpaired) electrons. The SMILES string of the molecule is C/C(=C\C=C(/C)c1ccc(C)cc1)C1=CCCC=C1.C/C=C\C1=C(C)c2ccccc2C12c1ccccc1-c1cc(C)ccc12.CCCC.CCCC.Cc1ccc2c3c(c4c(c2c1)C=CCC4)CCC=C3. The van der Waals surface area contributed by atoms with Crippen molar-refractivity contribution in [2.24, 2.45) is 0 Å². The summed E-state index contributed by atoms with van der Waals surface area (Å²) in [7, 11) is 0. The Morgan fingerprint density at radius 3 is 1.64 bits per heavy atom. The number of unbranched alkanes of at least 4 members (excludes halogenated alkanes) is 2. The van der Waals surface area contributed by atoms with E-state index in [1.165, 1.54) is 163 Å². The molecule has 0 heteroatoms. The quantitative estimate of drug-likeness (QED) is 0.146. The van der Waals surface area contributed by atoms with Gasteiger partial charge in [0.05, 0.1) is 5.41 Å². The largest absolute Gasteiger partial charge is 0.0873 e. The van der Waals surface area contributed by atoms with Crippen molar-refractivity contribution in [1.29, 1.82) is 0 Å². The van der Waals surface area contributed by atoms with Crippen LogP contribution in [0.4, 0.5) is 0 Å². The highest BCUT2D eigenvalue weighted by Gasteiger charge is 2.51. The van der Waals surface area contributed by atoms with Gasteiger partial charge in [0.25, 0.3) is 0 Å². The Labute approximate surface area is 436 Å². The molecule has 0 aliphatic heterocycles. The minimum atomic E-state index is -0.188. The Hall–Kier alpha value is -6.50. The first-order valence-corrected chi connectivity index (χ1v) is 27.4. The number of benzene rings is 6. The van der Waals surface area contributed by atoms with Crippen LogP contribution in [-0.2, 0) is 18.3 Å². The molecule has 6 aromatic carbocycles. The molecule has 0 saturated carbocycles. The number of hydrogen-bond donors (Lipinski definition) is 0. The fraction of sp³-hybridized carbons (Fsp3) is 0.306. The van der Waals surface area contributed by atoms with E-state index < -0.39 is 0 Å². The first-order chi connectivity index (χ1) is 35.0. The zero-order valence-electron chi connectivity index (χ0n) is 45.8. The van der Waals surface area contributed by atoms with Crippen LogP contribution in [0.2, 0.25) is 0 Å². The molecule has 1 atom stereocenters. The normalized spacial score (nSPS) is 16.7. The molecule has 6 aromatic rings. The highest BCUT2D eigenvalue weighted by atomic mass is 14.5. The second kappa shape index (κ2) is 25.2. The Morgan fingerprint density at radius 1 is 0.500 bits per heavy atom. The molecule has 72 heavy (non-hydrogen) atoms. The second-order valence-corrected chi connectivity index (χ2v) is 20.3. The van der Waals surface area contributed by atoms with Gasteiger partial charge >= 0.3 is 0 Å². The van der Waals surface area contributed by atoms with E-state index in [4.69, 9.17) is 0 Å². The fourth-order valence-electron chi connectivity index (χ4n) is 10.8. The van der Waals surface area contributed by atoms with Crippen LogP contribution in [0.15, 0.2) is 181 Å².